The Balaban J connectivity index is 1.47. The van der Waals surface area contributed by atoms with Crippen molar-refractivity contribution in [2.24, 2.45) is 0 Å². The molecule has 39 heavy (non-hydrogen) atoms. The fraction of sp³-hybridized carbons (Fsp3) is 0.233. The van der Waals surface area contributed by atoms with Crippen molar-refractivity contribution in [2.75, 3.05) is 19.0 Å². The standard InChI is InChI=1S/C30H30FN5O2S/c1-19-17-25(20(2)36(19)23-7-6-8-24(18-23)38-3)29-28(26-9-4-5-15-32-26)34-30(39)35(29)16-14-27(37)33-22-12-10-21(31)11-13-22/h4-13,15,17-18,28-29H,14,16H2,1-3H3,(H,33,37)(H,34,39). The molecule has 2 aromatic heterocycles. The average Bonchev–Trinajstić information content (AvgIpc) is 3.43. The van der Waals surface area contributed by atoms with Gasteiger partial charge in [0.1, 0.15) is 11.6 Å². The lowest BCUT2D eigenvalue weighted by Crippen LogP contribution is -2.32. The lowest BCUT2D eigenvalue weighted by molar-refractivity contribution is -0.116. The van der Waals surface area contributed by atoms with Crippen LogP contribution in [0.3, 0.4) is 0 Å². The molecule has 1 amide bonds. The number of amides is 1. The Labute approximate surface area is 232 Å². The normalized spacial score (nSPS) is 16.7. The first-order valence-electron chi connectivity index (χ1n) is 12.7. The van der Waals surface area contributed by atoms with Gasteiger partial charge in [0.05, 0.1) is 24.9 Å². The Bertz CT molecular complexity index is 1490. The quantitative estimate of drug-likeness (QED) is 0.281. The maximum atomic E-state index is 13.3. The molecular formula is C30H30FN5O2S. The Morgan fingerprint density at radius 2 is 1.90 bits per heavy atom. The summed E-state index contributed by atoms with van der Waals surface area (Å²) in [6.07, 6.45) is 1.98. The van der Waals surface area contributed by atoms with Crippen LogP contribution >= 0.6 is 12.2 Å². The van der Waals surface area contributed by atoms with Crippen LogP contribution in [-0.2, 0) is 4.79 Å². The van der Waals surface area contributed by atoms with Gasteiger partial charge < -0.3 is 24.8 Å². The maximum Gasteiger partial charge on any atom is 0.226 e. The number of hydrogen-bond acceptors (Lipinski definition) is 4. The van der Waals surface area contributed by atoms with Gasteiger partial charge in [0.2, 0.25) is 5.91 Å². The Morgan fingerprint density at radius 1 is 1.10 bits per heavy atom. The fourth-order valence-electron chi connectivity index (χ4n) is 5.20. The largest absolute Gasteiger partial charge is 0.497 e. The molecule has 3 heterocycles. The van der Waals surface area contributed by atoms with Gasteiger partial charge in [-0.2, -0.15) is 0 Å². The number of aryl methyl sites for hydroxylation is 1. The van der Waals surface area contributed by atoms with Crippen LogP contribution < -0.4 is 15.4 Å². The lowest BCUT2D eigenvalue weighted by atomic mass is 9.96. The smallest absolute Gasteiger partial charge is 0.226 e. The molecule has 200 valence electrons. The molecule has 0 bridgehead atoms. The third-order valence-corrected chi connectivity index (χ3v) is 7.36. The summed E-state index contributed by atoms with van der Waals surface area (Å²) >= 11 is 5.79. The number of hydrogen-bond donors (Lipinski definition) is 2. The molecular weight excluding hydrogens is 513 g/mol. The van der Waals surface area contributed by atoms with E-state index in [4.69, 9.17) is 17.0 Å². The molecule has 4 aromatic rings. The van der Waals surface area contributed by atoms with Crippen molar-refractivity contribution >= 4 is 28.9 Å². The molecule has 7 nitrogen and oxygen atoms in total. The number of nitrogens with zero attached hydrogens (tertiary/aromatic N) is 3. The van der Waals surface area contributed by atoms with Gasteiger partial charge >= 0.3 is 0 Å². The van der Waals surface area contributed by atoms with E-state index < -0.39 is 0 Å². The summed E-state index contributed by atoms with van der Waals surface area (Å²) in [4.78, 5) is 19.5. The van der Waals surface area contributed by atoms with Crippen LogP contribution in [0.2, 0.25) is 0 Å². The van der Waals surface area contributed by atoms with Crippen molar-refractivity contribution in [3.63, 3.8) is 0 Å². The minimum atomic E-state index is -0.351. The number of anilines is 1. The highest BCUT2D eigenvalue weighted by Crippen LogP contribution is 2.41. The average molecular weight is 544 g/mol. The molecule has 2 aromatic carbocycles. The Hall–Kier alpha value is -4.24. The maximum absolute atomic E-state index is 13.3. The van der Waals surface area contributed by atoms with Gasteiger partial charge in [-0.3, -0.25) is 9.78 Å². The van der Waals surface area contributed by atoms with Gasteiger partial charge in [-0.15, -0.1) is 0 Å². The Morgan fingerprint density at radius 3 is 2.62 bits per heavy atom. The van der Waals surface area contributed by atoms with E-state index in [1.54, 1.807) is 25.4 Å². The third kappa shape index (κ3) is 5.49. The van der Waals surface area contributed by atoms with Crippen LogP contribution in [0.4, 0.5) is 10.1 Å². The minimum Gasteiger partial charge on any atom is -0.497 e. The van der Waals surface area contributed by atoms with Crippen molar-refractivity contribution in [3.05, 3.63) is 107 Å². The molecule has 1 saturated heterocycles. The van der Waals surface area contributed by atoms with Gasteiger partial charge in [0, 0.05) is 48.0 Å². The van der Waals surface area contributed by atoms with Crippen molar-refractivity contribution < 1.29 is 13.9 Å². The number of carbonyl (C=O) groups is 1. The molecule has 0 radical (unpaired) electrons. The zero-order valence-corrected chi connectivity index (χ0v) is 22.8. The summed E-state index contributed by atoms with van der Waals surface area (Å²) in [5, 5.41) is 6.86. The first kappa shape index (κ1) is 26.4. The molecule has 9 heteroatoms. The number of methoxy groups -OCH3 is 1. The summed E-state index contributed by atoms with van der Waals surface area (Å²) in [6, 6.07) is 21.3. The first-order valence-corrected chi connectivity index (χ1v) is 13.1. The second-order valence-corrected chi connectivity index (χ2v) is 9.88. The van der Waals surface area contributed by atoms with E-state index in [2.05, 4.69) is 51.1 Å². The predicted octanol–water partition coefficient (Wildman–Crippen LogP) is 5.64. The fourth-order valence-corrected chi connectivity index (χ4v) is 5.53. The van der Waals surface area contributed by atoms with Crippen LogP contribution in [0.25, 0.3) is 5.69 Å². The second kappa shape index (κ2) is 11.2. The van der Waals surface area contributed by atoms with Crippen molar-refractivity contribution in [2.45, 2.75) is 32.4 Å². The molecule has 2 atom stereocenters. The predicted molar refractivity (Wildman–Crippen MR) is 154 cm³/mol. The summed E-state index contributed by atoms with van der Waals surface area (Å²) < 4.78 is 20.9. The monoisotopic (exact) mass is 543 g/mol. The molecule has 1 aliphatic rings. The van der Waals surface area contributed by atoms with E-state index in [0.717, 1.165) is 34.1 Å². The van der Waals surface area contributed by atoms with E-state index >= 15 is 0 Å². The number of pyridine rings is 1. The molecule has 0 saturated carbocycles. The van der Waals surface area contributed by atoms with E-state index in [9.17, 15) is 9.18 Å². The number of nitrogens with one attached hydrogen (secondary N) is 2. The van der Waals surface area contributed by atoms with E-state index in [1.165, 1.54) is 12.1 Å². The molecule has 2 unspecified atom stereocenters. The number of rotatable bonds is 8. The van der Waals surface area contributed by atoms with E-state index in [0.29, 0.717) is 17.3 Å². The molecule has 0 spiro atoms. The van der Waals surface area contributed by atoms with E-state index in [1.807, 2.05) is 36.4 Å². The van der Waals surface area contributed by atoms with E-state index in [-0.39, 0.29) is 30.2 Å². The zero-order chi connectivity index (χ0) is 27.5. The zero-order valence-electron chi connectivity index (χ0n) is 22.0. The van der Waals surface area contributed by atoms with Crippen LogP contribution in [0.1, 0.15) is 41.1 Å². The molecule has 5 rings (SSSR count). The van der Waals surface area contributed by atoms with Crippen LogP contribution in [0.5, 0.6) is 5.75 Å². The van der Waals surface area contributed by atoms with Crippen molar-refractivity contribution in [3.8, 4) is 11.4 Å². The van der Waals surface area contributed by atoms with Crippen LogP contribution in [-0.4, -0.2) is 39.1 Å². The molecule has 0 aliphatic carbocycles. The number of benzene rings is 2. The molecule has 2 N–H and O–H groups in total. The van der Waals surface area contributed by atoms with Crippen LogP contribution in [0, 0.1) is 19.7 Å². The number of ether oxygens (including phenoxy) is 1. The van der Waals surface area contributed by atoms with Crippen molar-refractivity contribution in [1.82, 2.24) is 19.8 Å². The number of halogens is 1. The van der Waals surface area contributed by atoms with Gasteiger partial charge in [0.15, 0.2) is 5.11 Å². The van der Waals surface area contributed by atoms with Gasteiger partial charge in [0.25, 0.3) is 0 Å². The topological polar surface area (TPSA) is 71.4 Å². The minimum absolute atomic E-state index is 0.175. The highest BCUT2D eigenvalue weighted by Gasteiger charge is 2.41. The molecule has 1 fully saturated rings. The SMILES string of the molecule is COc1cccc(-n2c(C)cc(C3C(c4ccccn4)NC(=S)N3CCC(=O)Nc3ccc(F)cc3)c2C)c1. The number of aromatic nitrogens is 2. The van der Waals surface area contributed by atoms with Gasteiger partial charge in [-0.05, 0) is 86.2 Å². The van der Waals surface area contributed by atoms with Crippen LogP contribution in [0.15, 0.2) is 79.0 Å². The summed E-state index contributed by atoms with van der Waals surface area (Å²) in [7, 11) is 1.66. The highest BCUT2D eigenvalue weighted by atomic mass is 32.1. The van der Waals surface area contributed by atoms with Crippen molar-refractivity contribution in [1.29, 1.82) is 0 Å². The first-order chi connectivity index (χ1) is 18.9. The summed E-state index contributed by atoms with van der Waals surface area (Å²) in [5.41, 5.74) is 5.66. The number of thiocarbonyl (C=S) groups is 1. The van der Waals surface area contributed by atoms with Gasteiger partial charge in [-0.25, -0.2) is 4.39 Å². The Kier molecular flexibility index (Phi) is 7.60. The third-order valence-electron chi connectivity index (χ3n) is 7.01. The highest BCUT2D eigenvalue weighted by molar-refractivity contribution is 7.80. The summed E-state index contributed by atoms with van der Waals surface area (Å²) in [5.74, 6) is 0.258. The lowest BCUT2D eigenvalue weighted by Gasteiger charge is -2.28. The second-order valence-electron chi connectivity index (χ2n) is 9.49. The molecule has 1 aliphatic heterocycles. The number of carbonyl (C=O) groups excluding carboxylic acids is 1. The summed E-state index contributed by atoms with van der Waals surface area (Å²) in [6.45, 7) is 4.57. The van der Waals surface area contributed by atoms with Gasteiger partial charge in [-0.1, -0.05) is 12.1 Å².